The maximum Gasteiger partial charge on any atom is 0.266 e. The van der Waals surface area contributed by atoms with Gasteiger partial charge in [-0.05, 0) is 17.7 Å². The molecule has 1 atom stereocenters. The van der Waals surface area contributed by atoms with Crippen LogP contribution in [0.3, 0.4) is 0 Å². The minimum Gasteiger partial charge on any atom is -0.365 e. The minimum absolute atomic E-state index is 0.0245. The molecular weight excluding hydrogens is 399 g/mol. The number of nitrogens with one attached hydrogen (secondary N) is 2. The Kier molecular flexibility index (Phi) is 5.42. The van der Waals surface area contributed by atoms with Crippen molar-refractivity contribution in [3.8, 4) is 0 Å². The van der Waals surface area contributed by atoms with Gasteiger partial charge in [0.2, 0.25) is 0 Å². The second-order valence-corrected chi connectivity index (χ2v) is 8.05. The molecule has 1 heterocycles. The van der Waals surface area contributed by atoms with Crippen LogP contribution in [0.1, 0.15) is 11.7 Å². The van der Waals surface area contributed by atoms with Gasteiger partial charge in [-0.25, -0.2) is 17.8 Å². The first-order valence-electron chi connectivity index (χ1n) is 7.34. The summed E-state index contributed by atoms with van der Waals surface area (Å²) in [7, 11) is -4.16. The van der Waals surface area contributed by atoms with Crippen LogP contribution in [-0.4, -0.2) is 13.4 Å². The van der Waals surface area contributed by atoms with Crippen molar-refractivity contribution in [1.29, 1.82) is 0 Å². The predicted octanol–water partition coefficient (Wildman–Crippen LogP) is 3.81. The molecule has 0 radical (unpaired) electrons. The molecule has 0 saturated carbocycles. The standard InChI is InChI=1S/C16H14ClFN4O2S2/c17-11-6-14(26(23,24)22-15-8-25-9-20-15)12(18)7-13(11)21-16(19)10-4-2-1-3-5-10/h1-9,16,21-22H,19H2/t16-/m1/s1. The van der Waals surface area contributed by atoms with Gasteiger partial charge >= 0.3 is 0 Å². The van der Waals surface area contributed by atoms with Gasteiger partial charge in [0.05, 0.1) is 16.2 Å². The van der Waals surface area contributed by atoms with Crippen LogP contribution in [-0.2, 0) is 10.0 Å². The Labute approximate surface area is 158 Å². The molecule has 26 heavy (non-hydrogen) atoms. The van der Waals surface area contributed by atoms with Crippen molar-refractivity contribution in [3.63, 3.8) is 0 Å². The zero-order valence-corrected chi connectivity index (χ0v) is 15.6. The number of sulfonamides is 1. The van der Waals surface area contributed by atoms with E-state index in [2.05, 4.69) is 15.0 Å². The fourth-order valence-corrected chi connectivity index (χ4v) is 4.14. The molecule has 0 unspecified atom stereocenters. The summed E-state index contributed by atoms with van der Waals surface area (Å²) in [6, 6.07) is 11.1. The third kappa shape index (κ3) is 4.13. The SMILES string of the molecule is N[C@H](Nc1cc(F)c(S(=O)(=O)Nc2cscn2)cc1Cl)c1ccccc1. The lowest BCUT2D eigenvalue weighted by molar-refractivity contribution is 0.570. The Balaban J connectivity index is 1.86. The van der Waals surface area contributed by atoms with E-state index in [0.717, 1.165) is 17.7 Å². The van der Waals surface area contributed by atoms with Gasteiger partial charge in [-0.15, -0.1) is 11.3 Å². The summed E-state index contributed by atoms with van der Waals surface area (Å²) in [6.07, 6.45) is -0.635. The van der Waals surface area contributed by atoms with Gasteiger partial charge in [-0.1, -0.05) is 41.9 Å². The molecule has 0 aliphatic carbocycles. The Morgan fingerprint density at radius 3 is 2.62 bits per heavy atom. The first-order chi connectivity index (χ1) is 12.4. The van der Waals surface area contributed by atoms with Gasteiger partial charge in [0, 0.05) is 5.38 Å². The molecule has 4 N–H and O–H groups in total. The second kappa shape index (κ2) is 7.58. The molecule has 0 aliphatic rings. The number of hydrogen-bond donors (Lipinski definition) is 3. The van der Waals surface area contributed by atoms with Gasteiger partial charge < -0.3 is 11.1 Å². The van der Waals surface area contributed by atoms with Crippen LogP contribution in [0.15, 0.2) is 58.3 Å². The van der Waals surface area contributed by atoms with Crippen molar-refractivity contribution in [2.75, 3.05) is 10.0 Å². The van der Waals surface area contributed by atoms with Crippen molar-refractivity contribution in [3.05, 3.63) is 69.8 Å². The van der Waals surface area contributed by atoms with Gasteiger partial charge in [-0.2, -0.15) is 0 Å². The van der Waals surface area contributed by atoms with Crippen molar-refractivity contribution in [2.45, 2.75) is 11.1 Å². The molecule has 2 aromatic carbocycles. The lowest BCUT2D eigenvalue weighted by atomic mass is 10.1. The molecule has 0 spiro atoms. The molecule has 3 rings (SSSR count). The first-order valence-corrected chi connectivity index (χ1v) is 10.1. The van der Waals surface area contributed by atoms with E-state index in [9.17, 15) is 12.8 Å². The van der Waals surface area contributed by atoms with Crippen LogP contribution in [0, 0.1) is 5.82 Å². The number of nitrogens with zero attached hydrogens (tertiary/aromatic N) is 1. The molecule has 136 valence electrons. The van der Waals surface area contributed by atoms with Crippen LogP contribution in [0.2, 0.25) is 5.02 Å². The number of hydrogen-bond acceptors (Lipinski definition) is 6. The summed E-state index contributed by atoms with van der Waals surface area (Å²) in [5.74, 6) is -0.848. The fourth-order valence-electron chi connectivity index (χ4n) is 2.21. The van der Waals surface area contributed by atoms with E-state index in [4.69, 9.17) is 17.3 Å². The van der Waals surface area contributed by atoms with Crippen LogP contribution < -0.4 is 15.8 Å². The Morgan fingerprint density at radius 1 is 1.23 bits per heavy atom. The summed E-state index contributed by atoms with van der Waals surface area (Å²) >= 11 is 7.34. The average Bonchev–Trinajstić information content (AvgIpc) is 3.10. The van der Waals surface area contributed by atoms with Crippen molar-refractivity contribution in [1.82, 2.24) is 4.98 Å². The van der Waals surface area contributed by atoms with Gasteiger partial charge in [0.25, 0.3) is 10.0 Å². The van der Waals surface area contributed by atoms with Gasteiger partial charge in [-0.3, -0.25) is 4.72 Å². The molecule has 10 heteroatoms. The van der Waals surface area contributed by atoms with E-state index in [0.29, 0.717) is 0 Å². The lowest BCUT2D eigenvalue weighted by Crippen LogP contribution is -2.21. The van der Waals surface area contributed by atoms with Crippen LogP contribution >= 0.6 is 22.9 Å². The van der Waals surface area contributed by atoms with Crippen LogP contribution in [0.5, 0.6) is 0 Å². The van der Waals surface area contributed by atoms with Crippen LogP contribution in [0.25, 0.3) is 0 Å². The van der Waals surface area contributed by atoms with Gasteiger partial charge in [0.15, 0.2) is 5.82 Å². The second-order valence-electron chi connectivity index (χ2n) is 5.27. The third-order valence-corrected chi connectivity index (χ3v) is 5.72. The Bertz CT molecular complexity index is 999. The van der Waals surface area contributed by atoms with Gasteiger partial charge in [0.1, 0.15) is 16.9 Å². The topological polar surface area (TPSA) is 97.1 Å². The van der Waals surface area contributed by atoms with Crippen molar-refractivity contribution < 1.29 is 12.8 Å². The van der Waals surface area contributed by atoms with Crippen LogP contribution in [0.4, 0.5) is 15.9 Å². The highest BCUT2D eigenvalue weighted by molar-refractivity contribution is 7.92. The molecule has 1 aromatic heterocycles. The monoisotopic (exact) mass is 412 g/mol. The largest absolute Gasteiger partial charge is 0.365 e. The predicted molar refractivity (Wildman–Crippen MR) is 101 cm³/mol. The smallest absolute Gasteiger partial charge is 0.266 e. The summed E-state index contributed by atoms with van der Waals surface area (Å²) in [5.41, 5.74) is 8.45. The highest BCUT2D eigenvalue weighted by Gasteiger charge is 2.22. The summed E-state index contributed by atoms with van der Waals surface area (Å²) in [6.45, 7) is 0. The molecule has 0 saturated heterocycles. The minimum atomic E-state index is -4.16. The Hall–Kier alpha value is -2.20. The normalized spacial score (nSPS) is 12.6. The van der Waals surface area contributed by atoms with Crippen molar-refractivity contribution in [2.24, 2.45) is 5.73 Å². The van der Waals surface area contributed by atoms with E-state index in [1.165, 1.54) is 22.2 Å². The summed E-state index contributed by atoms with van der Waals surface area (Å²) in [4.78, 5) is 3.24. The zero-order valence-electron chi connectivity index (χ0n) is 13.2. The molecule has 3 aromatic rings. The van der Waals surface area contributed by atoms with Crippen molar-refractivity contribution >= 4 is 44.5 Å². The number of thiazole rings is 1. The average molecular weight is 413 g/mol. The first kappa shape index (κ1) is 18.6. The zero-order chi connectivity index (χ0) is 18.7. The van der Waals surface area contributed by atoms with E-state index in [1.807, 2.05) is 18.2 Å². The number of nitrogens with two attached hydrogens (primary N) is 1. The maximum atomic E-state index is 14.4. The molecule has 0 amide bonds. The van der Waals surface area contributed by atoms with E-state index in [-0.39, 0.29) is 16.5 Å². The number of benzene rings is 2. The number of rotatable bonds is 6. The van der Waals surface area contributed by atoms with E-state index >= 15 is 0 Å². The number of aromatic nitrogens is 1. The van der Waals surface area contributed by atoms with E-state index < -0.39 is 26.9 Å². The molecule has 0 aliphatic heterocycles. The molecule has 6 nitrogen and oxygen atoms in total. The maximum absolute atomic E-state index is 14.4. The lowest BCUT2D eigenvalue weighted by Gasteiger charge is -2.17. The number of halogens is 2. The molecular formula is C16H14ClFN4O2S2. The molecule has 0 bridgehead atoms. The number of anilines is 2. The Morgan fingerprint density at radius 2 is 1.96 bits per heavy atom. The molecule has 0 fully saturated rings. The fraction of sp³-hybridized carbons (Fsp3) is 0.0625. The highest BCUT2D eigenvalue weighted by Crippen LogP contribution is 2.30. The summed E-state index contributed by atoms with van der Waals surface area (Å²) < 4.78 is 41.3. The third-order valence-electron chi connectivity index (χ3n) is 3.45. The summed E-state index contributed by atoms with van der Waals surface area (Å²) in [5, 5.41) is 4.39. The van der Waals surface area contributed by atoms with E-state index in [1.54, 1.807) is 12.1 Å². The quantitative estimate of drug-likeness (QED) is 0.535. The highest BCUT2D eigenvalue weighted by atomic mass is 35.5.